The van der Waals surface area contributed by atoms with Crippen LogP contribution in [0.3, 0.4) is 0 Å². The van der Waals surface area contributed by atoms with E-state index >= 15 is 0 Å². The number of rotatable bonds is 9. The van der Waals surface area contributed by atoms with Crippen molar-refractivity contribution in [2.75, 3.05) is 13.7 Å². The second-order valence-corrected chi connectivity index (χ2v) is 11.9. The minimum absolute atomic E-state index is 0.365. The molecule has 18 heteroatoms. The molecule has 6 atom stereocenters. The molecule has 1 aliphatic heterocycles. The van der Waals surface area contributed by atoms with Crippen molar-refractivity contribution in [1.29, 1.82) is 0 Å². The maximum absolute atomic E-state index is 11.9. The molecule has 3 rings (SSSR count). The Labute approximate surface area is 184 Å². The van der Waals surface area contributed by atoms with Gasteiger partial charge in [0.25, 0.3) is 0 Å². The lowest BCUT2D eigenvalue weighted by Crippen LogP contribution is -2.33. The first-order valence-corrected chi connectivity index (χ1v) is 14.0. The Bertz CT molecular complexity index is 1110. The van der Waals surface area contributed by atoms with E-state index < -0.39 is 54.5 Å². The van der Waals surface area contributed by atoms with E-state index in [0.717, 1.165) is 10.1 Å². The molecule has 0 amide bonds. The quantitative estimate of drug-likeness (QED) is 0.250. The van der Waals surface area contributed by atoms with Crippen LogP contribution >= 0.6 is 34.8 Å². The predicted octanol–water partition coefficient (Wildman–Crippen LogP) is 1.41. The molecule has 0 saturated carbocycles. The SMILES string of the molecule is COc1cc2sccc2cc1[C@@H]1O[C@H](COP(=O)(O)OP(=O)(O)OP(=O)(O)O)[C@H](O)[C@@H]1O. The number of ether oxygens (including phenoxy) is 2. The zero-order valence-electron chi connectivity index (χ0n) is 16.0. The van der Waals surface area contributed by atoms with Gasteiger partial charge in [-0.3, -0.25) is 4.52 Å². The molecule has 0 spiro atoms. The molecule has 180 valence electrons. The van der Waals surface area contributed by atoms with E-state index in [1.54, 1.807) is 12.1 Å². The third-order valence-electron chi connectivity index (χ3n) is 4.29. The van der Waals surface area contributed by atoms with Gasteiger partial charge < -0.3 is 39.3 Å². The molecule has 32 heavy (non-hydrogen) atoms. The fourth-order valence-electron chi connectivity index (χ4n) is 3.02. The summed E-state index contributed by atoms with van der Waals surface area (Å²) in [4.78, 5) is 35.8. The summed E-state index contributed by atoms with van der Waals surface area (Å²) in [5, 5.41) is 23.4. The lowest BCUT2D eigenvalue weighted by Gasteiger charge is -2.19. The standard InChI is InChI=1S/C14H19O14P3S/c1-24-9-5-11-7(2-3-32-11)4-8(9)14-13(16)12(15)10(26-14)6-25-30(20,21)28-31(22,23)27-29(17,18)19/h2-5,10,12-16H,6H2,1H3,(H,20,21)(H,22,23)(H2,17,18,19)/t10-,12+,13+,14+/m1/s1. The zero-order chi connectivity index (χ0) is 23.9. The van der Waals surface area contributed by atoms with E-state index in [2.05, 4.69) is 13.1 Å². The molecule has 1 aliphatic rings. The van der Waals surface area contributed by atoms with Gasteiger partial charge in [-0.05, 0) is 29.0 Å². The summed E-state index contributed by atoms with van der Waals surface area (Å²) in [6, 6.07) is 5.24. The summed E-state index contributed by atoms with van der Waals surface area (Å²) >= 11 is 1.46. The van der Waals surface area contributed by atoms with Crippen molar-refractivity contribution in [3.8, 4) is 5.75 Å². The second kappa shape index (κ2) is 9.49. The van der Waals surface area contributed by atoms with Gasteiger partial charge in [0.05, 0.1) is 13.7 Å². The van der Waals surface area contributed by atoms with Crippen molar-refractivity contribution in [3.63, 3.8) is 0 Å². The molecule has 0 aliphatic carbocycles. The molecule has 2 heterocycles. The number of benzene rings is 1. The van der Waals surface area contributed by atoms with Crippen molar-refractivity contribution in [1.82, 2.24) is 0 Å². The Kier molecular flexibility index (Phi) is 7.68. The molecule has 2 aromatic rings. The number of aliphatic hydroxyl groups is 2. The Hall–Kier alpha value is -0.730. The van der Waals surface area contributed by atoms with E-state index in [1.165, 1.54) is 18.4 Å². The number of phosphoric ester groups is 1. The van der Waals surface area contributed by atoms with Crippen molar-refractivity contribution >= 4 is 44.9 Å². The normalized spacial score (nSPS) is 27.8. The van der Waals surface area contributed by atoms with Gasteiger partial charge in [0, 0.05) is 10.3 Å². The predicted molar refractivity (Wildman–Crippen MR) is 108 cm³/mol. The smallest absolute Gasteiger partial charge is 0.490 e. The molecule has 1 aromatic heterocycles. The second-order valence-electron chi connectivity index (χ2n) is 6.52. The lowest BCUT2D eigenvalue weighted by atomic mass is 9.99. The van der Waals surface area contributed by atoms with E-state index in [0.29, 0.717) is 11.3 Å². The van der Waals surface area contributed by atoms with Gasteiger partial charge >= 0.3 is 23.5 Å². The van der Waals surface area contributed by atoms with Crippen LogP contribution in [-0.4, -0.2) is 61.8 Å². The van der Waals surface area contributed by atoms with Crippen molar-refractivity contribution < 1.29 is 66.1 Å². The van der Waals surface area contributed by atoms with Gasteiger partial charge in [0.15, 0.2) is 0 Å². The van der Waals surface area contributed by atoms with E-state index in [4.69, 9.17) is 24.2 Å². The van der Waals surface area contributed by atoms with Crippen molar-refractivity contribution in [2.45, 2.75) is 24.4 Å². The maximum atomic E-state index is 11.9. The largest absolute Gasteiger partial charge is 0.496 e. The number of hydrogen-bond donors (Lipinski definition) is 6. The Balaban J connectivity index is 1.71. The topological polar surface area (TPSA) is 219 Å². The van der Waals surface area contributed by atoms with E-state index in [1.807, 2.05) is 11.4 Å². The first-order chi connectivity index (χ1) is 14.7. The van der Waals surface area contributed by atoms with Crippen LogP contribution in [0.15, 0.2) is 23.6 Å². The molecular weight excluding hydrogens is 517 g/mol. The summed E-state index contributed by atoms with van der Waals surface area (Å²) < 4.78 is 57.4. The fraction of sp³-hybridized carbons (Fsp3) is 0.429. The summed E-state index contributed by atoms with van der Waals surface area (Å²) in [6.07, 6.45) is -5.59. The molecule has 6 N–H and O–H groups in total. The Morgan fingerprint density at radius 1 is 1.03 bits per heavy atom. The summed E-state index contributed by atoms with van der Waals surface area (Å²) in [5.74, 6) is 0.365. The third kappa shape index (κ3) is 6.23. The molecule has 1 fully saturated rings. The minimum Gasteiger partial charge on any atom is -0.496 e. The number of fused-ring (bicyclic) bond motifs is 1. The van der Waals surface area contributed by atoms with Crippen LogP contribution in [0.1, 0.15) is 11.7 Å². The number of thiophene rings is 1. The third-order valence-corrected chi connectivity index (χ3v) is 8.97. The van der Waals surface area contributed by atoms with Gasteiger partial charge in [-0.25, -0.2) is 13.7 Å². The van der Waals surface area contributed by atoms with Crippen molar-refractivity contribution in [3.05, 3.63) is 29.1 Å². The van der Waals surface area contributed by atoms with E-state index in [9.17, 15) is 28.8 Å². The minimum atomic E-state index is -5.68. The number of aliphatic hydroxyl groups excluding tert-OH is 2. The van der Waals surface area contributed by atoms with Crippen LogP contribution in [0.4, 0.5) is 0 Å². The average molecular weight is 536 g/mol. The first-order valence-electron chi connectivity index (χ1n) is 8.56. The summed E-state index contributed by atoms with van der Waals surface area (Å²) in [7, 11) is -15.2. The van der Waals surface area contributed by atoms with Crippen LogP contribution in [0.5, 0.6) is 5.75 Å². The first kappa shape index (κ1) is 25.9. The van der Waals surface area contributed by atoms with Gasteiger partial charge in [0.2, 0.25) is 0 Å². The molecule has 1 saturated heterocycles. The fourth-order valence-corrected chi connectivity index (χ4v) is 6.85. The molecule has 14 nitrogen and oxygen atoms in total. The van der Waals surface area contributed by atoms with Crippen LogP contribution in [-0.2, 0) is 31.6 Å². The zero-order valence-corrected chi connectivity index (χ0v) is 19.5. The highest BCUT2D eigenvalue weighted by molar-refractivity contribution is 7.66. The summed E-state index contributed by atoms with van der Waals surface area (Å²) in [5.41, 5.74) is 0.394. The van der Waals surface area contributed by atoms with Crippen LogP contribution in [0.2, 0.25) is 0 Å². The highest BCUT2D eigenvalue weighted by Crippen LogP contribution is 2.66. The van der Waals surface area contributed by atoms with Crippen LogP contribution < -0.4 is 4.74 Å². The molecular formula is C14H19O14P3S. The number of phosphoric acid groups is 3. The number of hydrogen-bond acceptors (Lipinski definition) is 11. The highest BCUT2D eigenvalue weighted by atomic mass is 32.1. The molecule has 1 aromatic carbocycles. The van der Waals surface area contributed by atoms with Gasteiger partial charge in [-0.1, -0.05) is 0 Å². The summed E-state index contributed by atoms with van der Waals surface area (Å²) in [6.45, 7) is -0.901. The van der Waals surface area contributed by atoms with Gasteiger partial charge in [-0.15, -0.1) is 11.3 Å². The van der Waals surface area contributed by atoms with Crippen molar-refractivity contribution in [2.24, 2.45) is 0 Å². The monoisotopic (exact) mass is 536 g/mol. The Morgan fingerprint density at radius 3 is 2.34 bits per heavy atom. The Morgan fingerprint density at radius 2 is 1.72 bits per heavy atom. The van der Waals surface area contributed by atoms with Crippen LogP contribution in [0, 0.1) is 0 Å². The van der Waals surface area contributed by atoms with Gasteiger partial charge in [-0.2, -0.15) is 8.62 Å². The number of methoxy groups -OCH3 is 1. The molecule has 0 bridgehead atoms. The van der Waals surface area contributed by atoms with Gasteiger partial charge in [0.1, 0.15) is 30.2 Å². The maximum Gasteiger partial charge on any atom is 0.490 e. The van der Waals surface area contributed by atoms with Crippen LogP contribution in [0.25, 0.3) is 10.1 Å². The highest BCUT2D eigenvalue weighted by Gasteiger charge is 2.47. The molecule has 0 radical (unpaired) electrons. The average Bonchev–Trinajstić information content (AvgIpc) is 3.20. The molecule has 2 unspecified atom stereocenters. The van der Waals surface area contributed by atoms with E-state index in [-0.39, 0.29) is 0 Å². The lowest BCUT2D eigenvalue weighted by molar-refractivity contribution is -0.0227.